The molecule has 1 aliphatic rings. The lowest BCUT2D eigenvalue weighted by Gasteiger charge is -2.14. The van der Waals surface area contributed by atoms with Gasteiger partial charge >= 0.3 is 11.8 Å². The average Bonchev–Trinajstić information content (AvgIpc) is 3.16. The van der Waals surface area contributed by atoms with Crippen molar-refractivity contribution in [3.05, 3.63) is 87.1 Å². The normalized spacial score (nSPS) is 11.6. The fraction of sp³-hybridized carbons (Fsp3) is 0.231. The molecule has 4 rings (SSSR count). The molecule has 1 amide bonds. The Balaban J connectivity index is 1.31. The van der Waals surface area contributed by atoms with Gasteiger partial charge in [0.15, 0.2) is 0 Å². The summed E-state index contributed by atoms with van der Waals surface area (Å²) in [6.45, 7) is 2.13. The van der Waals surface area contributed by atoms with Crippen LogP contribution in [-0.2, 0) is 4.74 Å². The number of methoxy groups -OCH3 is 1. The number of nitro groups is 1. The number of carbonyl (C=O) groups is 1. The molecule has 0 radical (unpaired) electrons. The van der Waals surface area contributed by atoms with Crippen LogP contribution in [0.15, 0.2) is 54.7 Å². The van der Waals surface area contributed by atoms with Gasteiger partial charge in [0.25, 0.3) is 5.88 Å². The van der Waals surface area contributed by atoms with Crippen LogP contribution in [0.5, 0.6) is 5.88 Å². The Morgan fingerprint density at radius 2 is 1.79 bits per heavy atom. The molecule has 2 aromatic carbocycles. The van der Waals surface area contributed by atoms with Crippen LogP contribution in [0.25, 0.3) is 11.1 Å². The number of aromatic nitrogens is 1. The highest BCUT2D eigenvalue weighted by atomic mass is 16.6. The lowest BCUT2D eigenvalue weighted by atomic mass is 9.98. The van der Waals surface area contributed by atoms with E-state index in [-0.39, 0.29) is 30.6 Å². The van der Waals surface area contributed by atoms with Gasteiger partial charge in [-0.15, -0.1) is 0 Å². The van der Waals surface area contributed by atoms with E-state index in [2.05, 4.69) is 46.4 Å². The second-order valence-electron chi connectivity index (χ2n) is 7.72. The van der Waals surface area contributed by atoms with Gasteiger partial charge in [0.2, 0.25) is 0 Å². The number of alkyl carbamates (subject to hydrolysis) is 1. The molecule has 0 unspecified atom stereocenters. The van der Waals surface area contributed by atoms with Crippen LogP contribution in [-0.4, -0.2) is 36.3 Å². The molecular weight excluding hydrogens is 434 g/mol. The molecule has 1 aromatic heterocycles. The Kier molecular flexibility index (Phi) is 6.74. The first-order valence-corrected chi connectivity index (χ1v) is 10.8. The molecule has 1 aliphatic carbocycles. The van der Waals surface area contributed by atoms with E-state index in [0.717, 1.165) is 11.1 Å². The molecule has 0 fully saturated rings. The number of hydrogen-bond donors (Lipinski definition) is 1. The van der Waals surface area contributed by atoms with Gasteiger partial charge in [0.1, 0.15) is 6.61 Å². The summed E-state index contributed by atoms with van der Waals surface area (Å²) in [5.74, 6) is 5.72. The predicted molar refractivity (Wildman–Crippen MR) is 127 cm³/mol. The molecule has 8 nitrogen and oxygen atoms in total. The first-order chi connectivity index (χ1) is 16.5. The van der Waals surface area contributed by atoms with Gasteiger partial charge in [-0.05, 0) is 29.2 Å². The van der Waals surface area contributed by atoms with E-state index in [1.54, 1.807) is 6.92 Å². The number of ether oxygens (including phenoxy) is 2. The van der Waals surface area contributed by atoms with Crippen LogP contribution < -0.4 is 10.1 Å². The number of fused-ring (bicyclic) bond motifs is 3. The Morgan fingerprint density at radius 3 is 2.41 bits per heavy atom. The van der Waals surface area contributed by atoms with Crippen molar-refractivity contribution in [1.82, 2.24) is 10.3 Å². The zero-order valence-electron chi connectivity index (χ0n) is 18.8. The molecule has 3 aromatic rings. The number of amides is 1. The van der Waals surface area contributed by atoms with Crippen molar-refractivity contribution in [3.8, 4) is 28.8 Å². The minimum Gasteiger partial charge on any atom is -0.476 e. The molecule has 172 valence electrons. The summed E-state index contributed by atoms with van der Waals surface area (Å²) in [6, 6.07) is 16.3. The molecule has 8 heteroatoms. The molecule has 1 heterocycles. The van der Waals surface area contributed by atoms with E-state index in [1.165, 1.54) is 24.4 Å². The van der Waals surface area contributed by atoms with E-state index >= 15 is 0 Å². The Labute approximate surface area is 197 Å². The largest absolute Gasteiger partial charge is 0.476 e. The van der Waals surface area contributed by atoms with Crippen LogP contribution in [0.3, 0.4) is 0 Å². The maximum absolute atomic E-state index is 12.2. The molecule has 0 saturated heterocycles. The third-order valence-electron chi connectivity index (χ3n) is 5.73. The molecule has 34 heavy (non-hydrogen) atoms. The van der Waals surface area contributed by atoms with Gasteiger partial charge in [0, 0.05) is 30.6 Å². The van der Waals surface area contributed by atoms with E-state index in [4.69, 9.17) is 9.47 Å². The predicted octanol–water partition coefficient (Wildman–Crippen LogP) is 4.59. The quantitative estimate of drug-likeness (QED) is 0.251. The summed E-state index contributed by atoms with van der Waals surface area (Å²) < 4.78 is 10.4. The fourth-order valence-corrected chi connectivity index (χ4v) is 4.09. The SMILES string of the molecule is COc1ncc(C#CCCNC(=O)OCC2c3ccccc3-c3ccccc32)c(C)c1[N+](=O)[O-]. The van der Waals surface area contributed by atoms with Gasteiger partial charge in [-0.2, -0.15) is 0 Å². The number of hydrogen-bond acceptors (Lipinski definition) is 6. The summed E-state index contributed by atoms with van der Waals surface area (Å²) in [4.78, 5) is 26.9. The van der Waals surface area contributed by atoms with E-state index in [1.807, 2.05) is 24.3 Å². The molecule has 1 N–H and O–H groups in total. The number of rotatable bonds is 6. The molecule has 0 saturated carbocycles. The maximum Gasteiger partial charge on any atom is 0.407 e. The topological polar surface area (TPSA) is 104 Å². The third-order valence-corrected chi connectivity index (χ3v) is 5.73. The lowest BCUT2D eigenvalue weighted by Crippen LogP contribution is -2.26. The minimum absolute atomic E-state index is 0.000667. The summed E-state index contributed by atoms with van der Waals surface area (Å²) >= 11 is 0. The molecule has 0 aliphatic heterocycles. The van der Waals surface area contributed by atoms with Crippen LogP contribution in [0.4, 0.5) is 10.5 Å². The highest BCUT2D eigenvalue weighted by Crippen LogP contribution is 2.44. The van der Waals surface area contributed by atoms with Crippen LogP contribution >= 0.6 is 0 Å². The van der Waals surface area contributed by atoms with E-state index in [0.29, 0.717) is 17.5 Å². The first kappa shape index (κ1) is 22.8. The number of nitrogens with one attached hydrogen (secondary N) is 1. The van der Waals surface area contributed by atoms with Gasteiger partial charge in [-0.3, -0.25) is 10.1 Å². The smallest absolute Gasteiger partial charge is 0.407 e. The van der Waals surface area contributed by atoms with Crippen LogP contribution in [0, 0.1) is 28.9 Å². The van der Waals surface area contributed by atoms with E-state index in [9.17, 15) is 14.9 Å². The van der Waals surface area contributed by atoms with Gasteiger partial charge in [-0.25, -0.2) is 9.78 Å². The molecule has 0 bridgehead atoms. The second kappa shape index (κ2) is 10.0. The van der Waals surface area contributed by atoms with Crippen molar-refractivity contribution in [2.45, 2.75) is 19.3 Å². The highest BCUT2D eigenvalue weighted by Gasteiger charge is 2.29. The van der Waals surface area contributed by atoms with Gasteiger partial charge < -0.3 is 14.8 Å². The monoisotopic (exact) mass is 457 g/mol. The Bertz CT molecular complexity index is 1260. The van der Waals surface area contributed by atoms with Crippen molar-refractivity contribution in [2.24, 2.45) is 0 Å². The Hall–Kier alpha value is -4.38. The van der Waals surface area contributed by atoms with Crippen molar-refractivity contribution < 1.29 is 19.2 Å². The highest BCUT2D eigenvalue weighted by molar-refractivity contribution is 5.79. The summed E-state index contributed by atoms with van der Waals surface area (Å²) in [7, 11) is 1.33. The maximum atomic E-state index is 12.2. The first-order valence-electron chi connectivity index (χ1n) is 10.8. The van der Waals surface area contributed by atoms with Crippen molar-refractivity contribution in [3.63, 3.8) is 0 Å². The molecular formula is C26H23N3O5. The minimum atomic E-state index is -0.537. The standard InChI is InChI=1S/C26H23N3O5/c1-17-18(15-28-25(33-2)24(17)29(31)32)9-7-8-14-27-26(30)34-16-23-21-12-5-3-10-19(21)20-11-4-6-13-22(20)23/h3-6,10-13,15,23H,8,14,16H2,1-2H3,(H,27,30). The van der Waals surface area contributed by atoms with Crippen molar-refractivity contribution in [2.75, 3.05) is 20.3 Å². The summed E-state index contributed by atoms with van der Waals surface area (Å²) in [5, 5.41) is 14.0. The van der Waals surface area contributed by atoms with Gasteiger partial charge in [0.05, 0.1) is 17.6 Å². The number of nitrogens with zero attached hydrogens (tertiary/aromatic N) is 2. The lowest BCUT2D eigenvalue weighted by molar-refractivity contribution is -0.386. The van der Waals surface area contributed by atoms with E-state index < -0.39 is 11.0 Å². The Morgan fingerprint density at radius 1 is 1.15 bits per heavy atom. The van der Waals surface area contributed by atoms with Crippen LogP contribution in [0.1, 0.15) is 34.6 Å². The number of carbonyl (C=O) groups excluding carboxylic acids is 1. The zero-order chi connectivity index (χ0) is 24.1. The van der Waals surface area contributed by atoms with Gasteiger partial charge in [-0.1, -0.05) is 60.4 Å². The number of pyridine rings is 1. The summed E-state index contributed by atoms with van der Waals surface area (Å²) in [5.41, 5.74) is 5.27. The molecule has 0 spiro atoms. The number of benzene rings is 2. The van der Waals surface area contributed by atoms with Crippen molar-refractivity contribution in [1.29, 1.82) is 0 Å². The zero-order valence-corrected chi connectivity index (χ0v) is 18.8. The fourth-order valence-electron chi connectivity index (χ4n) is 4.09. The molecule has 0 atom stereocenters. The van der Waals surface area contributed by atoms with Crippen LogP contribution in [0.2, 0.25) is 0 Å². The third kappa shape index (κ3) is 4.55. The second-order valence-corrected chi connectivity index (χ2v) is 7.72. The average molecular weight is 457 g/mol. The van der Waals surface area contributed by atoms with Crippen molar-refractivity contribution >= 4 is 11.8 Å². The summed E-state index contributed by atoms with van der Waals surface area (Å²) in [6.07, 6.45) is 1.28.